The second-order valence-electron chi connectivity index (χ2n) is 2.10. The highest BCUT2D eigenvalue weighted by molar-refractivity contribution is 5.76. The van der Waals surface area contributed by atoms with Gasteiger partial charge < -0.3 is 5.73 Å². The number of nitrogens with one attached hydrogen (secondary N) is 1. The number of aromatic amines is 1. The molecule has 0 aliphatic carbocycles. The van der Waals surface area contributed by atoms with Crippen molar-refractivity contribution in [1.82, 2.24) is 10.2 Å². The van der Waals surface area contributed by atoms with E-state index >= 15 is 0 Å². The van der Waals surface area contributed by atoms with Crippen LogP contribution in [-0.2, 0) is 4.79 Å². The number of amides is 1. The molecule has 0 saturated carbocycles. The Hall–Kier alpha value is -1.58. The maximum atomic E-state index is 10.3. The number of primary amides is 1. The van der Waals surface area contributed by atoms with Crippen LogP contribution in [0.5, 0.6) is 0 Å². The molecule has 0 atom stereocenters. The fourth-order valence-electron chi connectivity index (χ4n) is 0.663. The first-order valence-corrected chi connectivity index (χ1v) is 3.22. The minimum Gasteiger partial charge on any atom is -0.369 e. The Morgan fingerprint density at radius 1 is 1.82 bits per heavy atom. The molecule has 0 aromatic carbocycles. The minimum atomic E-state index is -0.329. The van der Waals surface area contributed by atoms with E-state index in [0.717, 1.165) is 5.56 Å². The van der Waals surface area contributed by atoms with Crippen molar-refractivity contribution in [3.05, 3.63) is 24.0 Å². The van der Waals surface area contributed by atoms with Crippen molar-refractivity contribution < 1.29 is 4.79 Å². The fraction of sp³-hybridized carbons (Fsp3) is 0.143. The third-order valence-corrected chi connectivity index (χ3v) is 1.15. The summed E-state index contributed by atoms with van der Waals surface area (Å²) in [6.07, 6.45) is 7.15. The SMILES string of the molecule is NC(=O)CC=Cc1cn[nH]c1. The first kappa shape index (κ1) is 7.53. The third kappa shape index (κ3) is 2.66. The van der Waals surface area contributed by atoms with E-state index in [1.54, 1.807) is 24.5 Å². The Kier molecular flexibility index (Phi) is 2.43. The predicted molar refractivity (Wildman–Crippen MR) is 41.4 cm³/mol. The van der Waals surface area contributed by atoms with Crippen LogP contribution in [0.1, 0.15) is 12.0 Å². The van der Waals surface area contributed by atoms with Crippen LogP contribution in [0.15, 0.2) is 18.5 Å². The van der Waals surface area contributed by atoms with Gasteiger partial charge in [0.15, 0.2) is 0 Å². The lowest BCUT2D eigenvalue weighted by molar-refractivity contribution is -0.117. The fourth-order valence-corrected chi connectivity index (χ4v) is 0.663. The zero-order valence-corrected chi connectivity index (χ0v) is 5.95. The molecule has 1 amide bonds. The monoisotopic (exact) mass is 151 g/mol. The second kappa shape index (κ2) is 3.55. The van der Waals surface area contributed by atoms with E-state index in [1.807, 2.05) is 0 Å². The zero-order chi connectivity index (χ0) is 8.10. The Morgan fingerprint density at radius 3 is 3.18 bits per heavy atom. The third-order valence-electron chi connectivity index (χ3n) is 1.15. The maximum absolute atomic E-state index is 10.3. The van der Waals surface area contributed by atoms with Crippen LogP contribution < -0.4 is 5.73 Å². The summed E-state index contributed by atoms with van der Waals surface area (Å²) in [5.74, 6) is -0.329. The van der Waals surface area contributed by atoms with Crippen LogP contribution in [0.4, 0.5) is 0 Å². The molecular weight excluding hydrogens is 142 g/mol. The molecule has 11 heavy (non-hydrogen) atoms. The average Bonchev–Trinajstić information content (AvgIpc) is 2.39. The van der Waals surface area contributed by atoms with E-state index in [9.17, 15) is 4.79 Å². The number of nitrogens with two attached hydrogens (primary N) is 1. The Balaban J connectivity index is 2.43. The molecule has 1 heterocycles. The number of aromatic nitrogens is 2. The van der Waals surface area contributed by atoms with Gasteiger partial charge in [0, 0.05) is 18.2 Å². The molecule has 0 bridgehead atoms. The lowest BCUT2D eigenvalue weighted by atomic mass is 10.3. The highest BCUT2D eigenvalue weighted by Gasteiger charge is 1.88. The van der Waals surface area contributed by atoms with Gasteiger partial charge in [-0.25, -0.2) is 0 Å². The van der Waals surface area contributed by atoms with E-state index in [1.165, 1.54) is 0 Å². The molecule has 0 fully saturated rings. The van der Waals surface area contributed by atoms with Gasteiger partial charge in [0.2, 0.25) is 5.91 Å². The standard InChI is InChI=1S/C7H9N3O/c8-7(11)3-1-2-6-4-9-10-5-6/h1-2,4-5H,3H2,(H2,8,11)(H,9,10). The molecular formula is C7H9N3O. The number of hydrogen-bond acceptors (Lipinski definition) is 2. The lowest BCUT2D eigenvalue weighted by Gasteiger charge is -1.82. The molecule has 0 aliphatic heterocycles. The topological polar surface area (TPSA) is 71.8 Å². The molecule has 0 saturated heterocycles. The Bertz CT molecular complexity index is 251. The molecule has 0 radical (unpaired) electrons. The molecule has 3 N–H and O–H groups in total. The molecule has 0 spiro atoms. The first-order chi connectivity index (χ1) is 5.29. The predicted octanol–water partition coefficient (Wildman–Crippen LogP) is 0.298. The minimum absolute atomic E-state index is 0.269. The number of H-pyrrole nitrogens is 1. The summed E-state index contributed by atoms with van der Waals surface area (Å²) >= 11 is 0. The molecule has 4 nitrogen and oxygen atoms in total. The van der Waals surface area contributed by atoms with Crippen molar-refractivity contribution in [3.63, 3.8) is 0 Å². The molecule has 4 heteroatoms. The maximum Gasteiger partial charge on any atom is 0.221 e. The van der Waals surface area contributed by atoms with Crippen LogP contribution in [0, 0.1) is 0 Å². The van der Waals surface area contributed by atoms with E-state index in [0.29, 0.717) is 0 Å². The number of carbonyl (C=O) groups is 1. The van der Waals surface area contributed by atoms with Gasteiger partial charge in [0.1, 0.15) is 0 Å². The molecule has 1 aromatic heterocycles. The summed E-state index contributed by atoms with van der Waals surface area (Å²) in [7, 11) is 0. The highest BCUT2D eigenvalue weighted by Crippen LogP contribution is 1.97. The van der Waals surface area contributed by atoms with Gasteiger partial charge in [-0.2, -0.15) is 5.10 Å². The molecule has 0 aliphatic rings. The van der Waals surface area contributed by atoms with Crippen molar-refractivity contribution in [1.29, 1.82) is 0 Å². The Morgan fingerprint density at radius 2 is 2.64 bits per heavy atom. The Labute approximate surface area is 64.1 Å². The van der Waals surface area contributed by atoms with Crippen molar-refractivity contribution >= 4 is 12.0 Å². The van der Waals surface area contributed by atoms with Crippen molar-refractivity contribution in [2.75, 3.05) is 0 Å². The second-order valence-corrected chi connectivity index (χ2v) is 2.10. The van der Waals surface area contributed by atoms with Crippen LogP contribution in [0.3, 0.4) is 0 Å². The molecule has 58 valence electrons. The summed E-state index contributed by atoms with van der Waals surface area (Å²) in [5.41, 5.74) is 5.85. The number of hydrogen-bond donors (Lipinski definition) is 2. The summed E-state index contributed by atoms with van der Waals surface area (Å²) in [6.45, 7) is 0. The average molecular weight is 151 g/mol. The van der Waals surface area contributed by atoms with Crippen molar-refractivity contribution in [3.8, 4) is 0 Å². The van der Waals surface area contributed by atoms with Gasteiger partial charge >= 0.3 is 0 Å². The number of nitrogens with zero attached hydrogens (tertiary/aromatic N) is 1. The van der Waals surface area contributed by atoms with Crippen LogP contribution in [0.25, 0.3) is 6.08 Å². The largest absolute Gasteiger partial charge is 0.369 e. The van der Waals surface area contributed by atoms with Gasteiger partial charge in [-0.05, 0) is 0 Å². The van der Waals surface area contributed by atoms with Gasteiger partial charge in [0.05, 0.1) is 6.20 Å². The summed E-state index contributed by atoms with van der Waals surface area (Å²) in [4.78, 5) is 10.3. The van der Waals surface area contributed by atoms with E-state index < -0.39 is 0 Å². The van der Waals surface area contributed by atoms with E-state index in [2.05, 4.69) is 10.2 Å². The van der Waals surface area contributed by atoms with Gasteiger partial charge in [-0.1, -0.05) is 12.2 Å². The van der Waals surface area contributed by atoms with E-state index in [-0.39, 0.29) is 12.3 Å². The smallest absolute Gasteiger partial charge is 0.221 e. The van der Waals surface area contributed by atoms with Crippen LogP contribution in [0.2, 0.25) is 0 Å². The quantitative estimate of drug-likeness (QED) is 0.652. The molecule has 1 rings (SSSR count). The molecule has 1 aromatic rings. The zero-order valence-electron chi connectivity index (χ0n) is 5.95. The lowest BCUT2D eigenvalue weighted by Crippen LogP contribution is -2.07. The number of carbonyl (C=O) groups excluding carboxylic acids is 1. The summed E-state index contributed by atoms with van der Waals surface area (Å²) in [5, 5.41) is 6.38. The first-order valence-electron chi connectivity index (χ1n) is 3.22. The van der Waals surface area contributed by atoms with Gasteiger partial charge in [-0.3, -0.25) is 9.89 Å². The normalized spacial score (nSPS) is 10.5. The van der Waals surface area contributed by atoms with Crippen molar-refractivity contribution in [2.45, 2.75) is 6.42 Å². The van der Waals surface area contributed by atoms with E-state index in [4.69, 9.17) is 5.73 Å². The summed E-state index contributed by atoms with van der Waals surface area (Å²) < 4.78 is 0. The highest BCUT2D eigenvalue weighted by atomic mass is 16.1. The number of rotatable bonds is 3. The van der Waals surface area contributed by atoms with Gasteiger partial charge in [-0.15, -0.1) is 0 Å². The van der Waals surface area contributed by atoms with Crippen LogP contribution in [-0.4, -0.2) is 16.1 Å². The van der Waals surface area contributed by atoms with Gasteiger partial charge in [0.25, 0.3) is 0 Å². The van der Waals surface area contributed by atoms with Crippen molar-refractivity contribution in [2.24, 2.45) is 5.73 Å². The molecule has 0 unspecified atom stereocenters. The summed E-state index contributed by atoms with van der Waals surface area (Å²) in [6, 6.07) is 0. The van der Waals surface area contributed by atoms with Crippen LogP contribution >= 0.6 is 0 Å².